The Hall–Kier alpha value is -7.64. The maximum Gasteiger partial charge on any atom is 0.277 e. The second kappa shape index (κ2) is 23.5. The van der Waals surface area contributed by atoms with Gasteiger partial charge < -0.3 is 45.3 Å². The highest BCUT2D eigenvalue weighted by Crippen LogP contribution is 2.36. The Morgan fingerprint density at radius 3 is 1.58 bits per heavy atom. The molecule has 0 saturated carbocycles. The lowest BCUT2D eigenvalue weighted by Crippen LogP contribution is -2.44. The van der Waals surface area contributed by atoms with E-state index in [-0.39, 0.29) is 10.6 Å². The number of hydrogen-bond acceptors (Lipinski definition) is 17. The van der Waals surface area contributed by atoms with E-state index in [1.165, 1.54) is 17.4 Å². The minimum atomic E-state index is -0.309. The van der Waals surface area contributed by atoms with Crippen molar-refractivity contribution in [2.75, 3.05) is 130 Å². The molecule has 372 valence electrons. The minimum Gasteiger partial charge on any atom is -0.368 e. The molecule has 2 saturated heterocycles. The number of fused-ring (bicyclic) bond motifs is 2. The van der Waals surface area contributed by atoms with Gasteiger partial charge in [-0.2, -0.15) is 4.98 Å². The molecule has 0 aliphatic carbocycles. The highest BCUT2D eigenvalue weighted by atomic mass is 35.5. The van der Waals surface area contributed by atoms with Gasteiger partial charge in [0.25, 0.3) is 5.69 Å². The highest BCUT2D eigenvalue weighted by Gasteiger charge is 2.21. The molecule has 0 bridgehead atoms. The van der Waals surface area contributed by atoms with Gasteiger partial charge in [0.05, 0.1) is 34.1 Å². The molecular weight excluding hydrogens is 952 g/mol. The topological polar surface area (TPSA) is 176 Å². The summed E-state index contributed by atoms with van der Waals surface area (Å²) >= 11 is 12.4. The van der Waals surface area contributed by atoms with E-state index in [1.54, 1.807) is 30.9 Å². The summed E-state index contributed by atoms with van der Waals surface area (Å²) in [7, 11) is 12.0. The third-order valence-electron chi connectivity index (χ3n) is 12.2. The van der Waals surface area contributed by atoms with Crippen molar-refractivity contribution in [2.24, 2.45) is 0 Å². The molecule has 10 rings (SSSR count). The largest absolute Gasteiger partial charge is 0.368 e. The fraction of sp³-hybridized carbons (Fsp3) is 0.269. The van der Waals surface area contributed by atoms with Crippen molar-refractivity contribution in [1.29, 1.82) is 0 Å². The van der Waals surface area contributed by atoms with Crippen LogP contribution in [0.25, 0.3) is 21.5 Å². The number of hydrogen-bond donors (Lipinski definition) is 3. The van der Waals surface area contributed by atoms with E-state index < -0.39 is 0 Å². The van der Waals surface area contributed by atoms with Crippen LogP contribution in [0.4, 0.5) is 63.3 Å². The fourth-order valence-corrected chi connectivity index (χ4v) is 8.75. The number of pyridine rings is 2. The van der Waals surface area contributed by atoms with Crippen LogP contribution in [-0.4, -0.2) is 139 Å². The Bertz CT molecular complexity index is 3130. The molecule has 2 fully saturated rings. The zero-order valence-electron chi connectivity index (χ0n) is 41.2. The lowest BCUT2D eigenvalue weighted by Gasteiger charge is -2.35. The fourth-order valence-electron chi connectivity index (χ4n) is 8.46. The molecule has 0 unspecified atom stereocenters. The van der Waals surface area contributed by atoms with Crippen LogP contribution in [0.2, 0.25) is 10.0 Å². The van der Waals surface area contributed by atoms with Crippen LogP contribution in [0.1, 0.15) is 0 Å². The van der Waals surface area contributed by atoms with Gasteiger partial charge in [-0.1, -0.05) is 65.7 Å². The van der Waals surface area contributed by atoms with E-state index in [4.69, 9.17) is 23.2 Å². The van der Waals surface area contributed by atoms with Crippen molar-refractivity contribution in [2.45, 2.75) is 0 Å². The van der Waals surface area contributed by atoms with Gasteiger partial charge in [-0.3, -0.25) is 10.1 Å². The van der Waals surface area contributed by atoms with Crippen molar-refractivity contribution < 1.29 is 4.92 Å². The minimum absolute atomic E-state index is 0.179. The zero-order valence-corrected chi connectivity index (χ0v) is 42.7. The quantitative estimate of drug-likeness (QED) is 0.0824. The summed E-state index contributed by atoms with van der Waals surface area (Å²) in [6, 6.07) is 31.4. The molecule has 20 heteroatoms. The molecule has 0 spiro atoms. The van der Waals surface area contributed by atoms with Crippen LogP contribution in [0, 0.1) is 10.1 Å². The first-order chi connectivity index (χ1) is 34.8. The standard InChI is InChI=1S/C26H29ClN8.C15H17N3O2.C11H12ClN5/c1-33(2)25-22(9-6-12-28-25)30-24-20(27)17-29-26(32-24)31-21-10-11-23(19-8-5-4-7-18(19)21)35-15-13-34(3)14-16-35;1-16-8-10-17(11-9-16)14-6-7-15(18(19)20)13-5-3-2-4-12(13)14;1-17(2)11-9(4-3-5-14-11)16-10-8(12)6-13-7-15-10/h4-12,17H,13-16H2,1-3H3,(H2,29,30,31,32);2-7H,8-11H2,1H3;3-7H,1-2H3,(H,13,15,16). The predicted octanol–water partition coefficient (Wildman–Crippen LogP) is 9.82. The van der Waals surface area contributed by atoms with Crippen molar-refractivity contribution in [3.05, 3.63) is 148 Å². The molecule has 18 nitrogen and oxygen atoms in total. The first-order valence-corrected chi connectivity index (χ1v) is 24.2. The maximum absolute atomic E-state index is 11.1. The number of nitrogens with zero attached hydrogens (tertiary/aromatic N) is 13. The number of rotatable bonds is 11. The average Bonchev–Trinajstić information content (AvgIpc) is 3.39. The van der Waals surface area contributed by atoms with Crippen LogP contribution in [0.15, 0.2) is 128 Å². The first-order valence-electron chi connectivity index (χ1n) is 23.4. The van der Waals surface area contributed by atoms with Crippen molar-refractivity contribution in [3.63, 3.8) is 0 Å². The second-order valence-electron chi connectivity index (χ2n) is 17.7. The number of halogens is 2. The number of likely N-dealkylation sites (N-methyl/N-ethyl adjacent to an activating group) is 2. The van der Waals surface area contributed by atoms with E-state index in [0.717, 1.165) is 97.5 Å². The normalized spacial score (nSPS) is 13.9. The summed E-state index contributed by atoms with van der Waals surface area (Å²) < 4.78 is 0. The molecule has 2 aliphatic heterocycles. The Balaban J connectivity index is 0.000000158. The Labute approximate surface area is 429 Å². The molecule has 8 aromatic rings. The van der Waals surface area contributed by atoms with Gasteiger partial charge in [-0.05, 0) is 62.6 Å². The van der Waals surface area contributed by atoms with Crippen LogP contribution in [-0.2, 0) is 0 Å². The van der Waals surface area contributed by atoms with Gasteiger partial charge in [0.2, 0.25) is 5.95 Å². The smallest absolute Gasteiger partial charge is 0.277 e. The van der Waals surface area contributed by atoms with Crippen LogP contribution in [0.3, 0.4) is 0 Å². The van der Waals surface area contributed by atoms with E-state index in [0.29, 0.717) is 33.0 Å². The molecule has 0 radical (unpaired) electrons. The van der Waals surface area contributed by atoms with E-state index in [9.17, 15) is 10.1 Å². The number of nitrogens with one attached hydrogen (secondary N) is 3. The van der Waals surface area contributed by atoms with Gasteiger partial charge in [0.15, 0.2) is 23.3 Å². The maximum atomic E-state index is 11.1. The number of non-ortho nitro benzene ring substituents is 1. The molecular formula is C52H58Cl2N16O2. The van der Waals surface area contributed by atoms with E-state index in [1.807, 2.05) is 92.6 Å². The van der Waals surface area contributed by atoms with Crippen molar-refractivity contribution >= 4 is 108 Å². The third kappa shape index (κ3) is 12.3. The molecule has 2 aliphatic rings. The Morgan fingerprint density at radius 1 is 0.542 bits per heavy atom. The van der Waals surface area contributed by atoms with E-state index in [2.05, 4.69) is 116 Å². The number of nitro groups is 1. The summed E-state index contributed by atoms with van der Waals surface area (Å²) in [6.45, 7) is 8.12. The van der Waals surface area contributed by atoms with Crippen molar-refractivity contribution in [1.82, 2.24) is 39.7 Å². The number of benzene rings is 4. The molecule has 6 heterocycles. The first kappa shape index (κ1) is 50.7. The van der Waals surface area contributed by atoms with Crippen LogP contribution >= 0.6 is 23.2 Å². The van der Waals surface area contributed by atoms with E-state index >= 15 is 0 Å². The predicted molar refractivity (Wildman–Crippen MR) is 295 cm³/mol. The number of anilines is 10. The van der Waals surface area contributed by atoms with Gasteiger partial charge in [-0.25, -0.2) is 24.9 Å². The molecule has 0 amide bonds. The number of piperazine rings is 2. The van der Waals surface area contributed by atoms with Crippen LogP contribution in [0.5, 0.6) is 0 Å². The average molecular weight is 1010 g/mol. The van der Waals surface area contributed by atoms with Gasteiger partial charge in [-0.15, -0.1) is 0 Å². The molecule has 3 N–H and O–H groups in total. The SMILES string of the molecule is CN(C)c1ncccc1Nc1ncncc1Cl.CN1CCN(c2ccc(Nc3ncc(Cl)c(Nc4cccnc4N(C)C)n3)c3ccccc23)CC1.CN1CCN(c2ccc([N+](=O)[O-])c3ccccc23)CC1. The summed E-state index contributed by atoms with van der Waals surface area (Å²) in [6.07, 6.45) is 8.09. The molecule has 0 atom stereocenters. The molecule has 4 aromatic carbocycles. The lowest BCUT2D eigenvalue weighted by atomic mass is 10.1. The van der Waals surface area contributed by atoms with Crippen molar-refractivity contribution in [3.8, 4) is 0 Å². The summed E-state index contributed by atoms with van der Waals surface area (Å²) in [5, 5.41) is 25.9. The number of aromatic nitrogens is 6. The Kier molecular flexibility index (Phi) is 16.6. The highest BCUT2D eigenvalue weighted by molar-refractivity contribution is 6.33. The number of nitro benzene ring substituents is 1. The van der Waals surface area contributed by atoms with Crippen LogP contribution < -0.4 is 35.6 Å². The molecule has 72 heavy (non-hydrogen) atoms. The molecule has 4 aromatic heterocycles. The van der Waals surface area contributed by atoms with Gasteiger partial charge in [0.1, 0.15) is 16.4 Å². The summed E-state index contributed by atoms with van der Waals surface area (Å²) in [4.78, 5) is 49.8. The second-order valence-corrected chi connectivity index (χ2v) is 18.5. The monoisotopic (exact) mass is 1010 g/mol. The Morgan fingerprint density at radius 2 is 1.04 bits per heavy atom. The summed E-state index contributed by atoms with van der Waals surface area (Å²) in [5.74, 6) is 3.16. The van der Waals surface area contributed by atoms with Gasteiger partial charge >= 0.3 is 0 Å². The van der Waals surface area contributed by atoms with Gasteiger partial charge in [0, 0.05) is 132 Å². The summed E-state index contributed by atoms with van der Waals surface area (Å²) in [5.41, 5.74) is 5.13. The zero-order chi connectivity index (χ0) is 50.7. The lowest BCUT2D eigenvalue weighted by molar-refractivity contribution is -0.383. The third-order valence-corrected chi connectivity index (χ3v) is 12.8.